The van der Waals surface area contributed by atoms with E-state index in [1.54, 1.807) is 0 Å². The Kier molecular flexibility index (Phi) is 6.57. The van der Waals surface area contributed by atoms with Crippen LogP contribution in [0.15, 0.2) is 30.5 Å². The molecule has 0 aliphatic rings. The normalized spacial score (nSPS) is 10.8. The second-order valence-corrected chi connectivity index (χ2v) is 5.09. The molecular weight excluding hydrogens is 377 g/mol. The van der Waals surface area contributed by atoms with Gasteiger partial charge in [0.15, 0.2) is 5.78 Å². The molecule has 0 aliphatic carbocycles. The average Bonchev–Trinajstić information content (AvgIpc) is 2.51. The Balaban J connectivity index is 0.00000338. The summed E-state index contributed by atoms with van der Waals surface area (Å²) in [6, 6.07) is 4.74. The second kappa shape index (κ2) is 8.05. The standard InChI is InChI=1S/C16H13F3N2O4.ClH/c1-8(22)10-3-5-12(13(14(10)23)16(17,18)19)25-7-9-2-4-11(15(20)24)21-6-9;/h2-6,23H,7H2,1H3,(H2,20,24);1H. The number of nitrogens with zero attached hydrogens (tertiary/aromatic N) is 1. The largest absolute Gasteiger partial charge is 0.506 e. The number of carbonyl (C=O) groups excluding carboxylic acids is 2. The maximum absolute atomic E-state index is 13.2. The molecule has 140 valence electrons. The van der Waals surface area contributed by atoms with Crippen molar-refractivity contribution >= 4 is 24.1 Å². The molecule has 0 atom stereocenters. The van der Waals surface area contributed by atoms with Crippen molar-refractivity contribution in [1.82, 2.24) is 4.98 Å². The lowest BCUT2D eigenvalue weighted by Gasteiger charge is -2.17. The number of hydrogen-bond acceptors (Lipinski definition) is 5. The SMILES string of the molecule is CC(=O)c1ccc(OCc2ccc(C(N)=O)nc2)c(C(F)(F)F)c1O.Cl. The minimum atomic E-state index is -4.92. The molecule has 1 aromatic carbocycles. The van der Waals surface area contributed by atoms with Gasteiger partial charge in [-0.25, -0.2) is 0 Å². The molecule has 0 spiro atoms. The van der Waals surface area contributed by atoms with Crippen LogP contribution < -0.4 is 10.5 Å². The molecule has 1 heterocycles. The Hall–Kier alpha value is -2.81. The first-order valence-corrected chi connectivity index (χ1v) is 6.93. The van der Waals surface area contributed by atoms with Crippen LogP contribution in [0.5, 0.6) is 11.5 Å². The predicted molar refractivity (Wildman–Crippen MR) is 87.4 cm³/mol. The van der Waals surface area contributed by atoms with Gasteiger partial charge in [0.25, 0.3) is 5.91 Å². The van der Waals surface area contributed by atoms with Crippen molar-refractivity contribution in [3.05, 3.63) is 52.8 Å². The highest BCUT2D eigenvalue weighted by molar-refractivity contribution is 5.97. The number of aromatic nitrogens is 1. The number of ketones is 1. The van der Waals surface area contributed by atoms with Crippen LogP contribution in [0.2, 0.25) is 0 Å². The van der Waals surface area contributed by atoms with Crippen LogP contribution in [0.4, 0.5) is 13.2 Å². The van der Waals surface area contributed by atoms with Gasteiger partial charge in [0.05, 0.1) is 5.56 Å². The summed E-state index contributed by atoms with van der Waals surface area (Å²) >= 11 is 0. The van der Waals surface area contributed by atoms with Crippen molar-refractivity contribution < 1.29 is 32.6 Å². The van der Waals surface area contributed by atoms with Crippen molar-refractivity contribution in [2.75, 3.05) is 0 Å². The van der Waals surface area contributed by atoms with E-state index in [0.29, 0.717) is 5.56 Å². The first-order valence-electron chi connectivity index (χ1n) is 6.93. The van der Waals surface area contributed by atoms with Gasteiger partial charge in [0.1, 0.15) is 29.4 Å². The number of ether oxygens (including phenoxy) is 1. The zero-order valence-electron chi connectivity index (χ0n) is 13.3. The van der Waals surface area contributed by atoms with Crippen molar-refractivity contribution in [1.29, 1.82) is 0 Å². The number of carbonyl (C=O) groups is 2. The number of halogens is 4. The Labute approximate surface area is 152 Å². The van der Waals surface area contributed by atoms with E-state index in [0.717, 1.165) is 19.1 Å². The molecule has 10 heteroatoms. The molecule has 2 aromatic rings. The molecule has 1 aromatic heterocycles. The van der Waals surface area contributed by atoms with Gasteiger partial charge < -0.3 is 15.6 Å². The Bertz CT molecular complexity index is 823. The van der Waals surface area contributed by atoms with E-state index >= 15 is 0 Å². The fourth-order valence-electron chi connectivity index (χ4n) is 2.07. The summed E-state index contributed by atoms with van der Waals surface area (Å²) in [6.45, 7) is 0.746. The zero-order chi connectivity index (χ0) is 18.8. The van der Waals surface area contributed by atoms with Gasteiger partial charge in [-0.2, -0.15) is 13.2 Å². The first kappa shape index (κ1) is 21.2. The number of phenolic OH excluding ortho intramolecular Hbond substituents is 1. The van der Waals surface area contributed by atoms with Crippen LogP contribution in [0.3, 0.4) is 0 Å². The van der Waals surface area contributed by atoms with Crippen molar-refractivity contribution in [3.8, 4) is 11.5 Å². The third kappa shape index (κ3) is 4.63. The highest BCUT2D eigenvalue weighted by atomic mass is 35.5. The quantitative estimate of drug-likeness (QED) is 0.764. The molecule has 0 radical (unpaired) electrons. The number of Topliss-reactive ketones (excluding diaryl/α,β-unsaturated/α-hetero) is 1. The van der Waals surface area contributed by atoms with Crippen LogP contribution in [0.25, 0.3) is 0 Å². The van der Waals surface area contributed by atoms with Gasteiger partial charge in [0.2, 0.25) is 0 Å². The number of nitrogens with two attached hydrogens (primary N) is 1. The summed E-state index contributed by atoms with van der Waals surface area (Å²) in [6.07, 6.45) is -3.68. The third-order valence-corrected chi connectivity index (χ3v) is 3.27. The van der Waals surface area contributed by atoms with E-state index in [-0.39, 0.29) is 24.7 Å². The predicted octanol–water partition coefficient (Wildman–Crippen LogP) is 3.11. The summed E-state index contributed by atoms with van der Waals surface area (Å²) in [5.41, 5.74) is 3.54. The molecule has 1 amide bonds. The number of rotatable bonds is 5. The number of aromatic hydroxyl groups is 1. The van der Waals surface area contributed by atoms with E-state index in [1.165, 1.54) is 18.3 Å². The molecule has 0 aliphatic heterocycles. The molecule has 0 saturated heterocycles. The molecule has 2 rings (SSSR count). The Morgan fingerprint density at radius 1 is 1.23 bits per heavy atom. The number of benzene rings is 1. The summed E-state index contributed by atoms with van der Waals surface area (Å²) in [5.74, 6) is -3.26. The zero-order valence-corrected chi connectivity index (χ0v) is 14.1. The topological polar surface area (TPSA) is 103 Å². The Morgan fingerprint density at radius 2 is 1.88 bits per heavy atom. The fraction of sp³-hybridized carbons (Fsp3) is 0.188. The summed E-state index contributed by atoms with van der Waals surface area (Å²) < 4.78 is 44.7. The molecule has 0 fully saturated rings. The number of hydrogen-bond donors (Lipinski definition) is 2. The highest BCUT2D eigenvalue weighted by Gasteiger charge is 2.39. The van der Waals surface area contributed by atoms with E-state index in [2.05, 4.69) is 4.98 Å². The molecule has 0 saturated carbocycles. The van der Waals surface area contributed by atoms with Crippen LogP contribution in [-0.4, -0.2) is 21.8 Å². The molecular formula is C16H14ClF3N2O4. The number of phenols is 1. The lowest BCUT2D eigenvalue weighted by atomic mass is 10.0. The van der Waals surface area contributed by atoms with Gasteiger partial charge in [0, 0.05) is 11.8 Å². The van der Waals surface area contributed by atoms with Crippen LogP contribution >= 0.6 is 12.4 Å². The maximum Gasteiger partial charge on any atom is 0.423 e. The van der Waals surface area contributed by atoms with Crippen molar-refractivity contribution in [2.45, 2.75) is 19.7 Å². The molecule has 26 heavy (non-hydrogen) atoms. The second-order valence-electron chi connectivity index (χ2n) is 5.09. The molecule has 6 nitrogen and oxygen atoms in total. The van der Waals surface area contributed by atoms with Crippen LogP contribution in [-0.2, 0) is 12.8 Å². The number of alkyl halides is 3. The Morgan fingerprint density at radius 3 is 2.35 bits per heavy atom. The van der Waals surface area contributed by atoms with Gasteiger partial charge >= 0.3 is 6.18 Å². The summed E-state index contributed by atoms with van der Waals surface area (Å²) in [5, 5.41) is 9.79. The number of amides is 1. The van der Waals surface area contributed by atoms with Gasteiger partial charge in [-0.05, 0) is 25.1 Å². The minimum Gasteiger partial charge on any atom is -0.506 e. The summed E-state index contributed by atoms with van der Waals surface area (Å²) in [7, 11) is 0. The number of pyridine rings is 1. The lowest BCUT2D eigenvalue weighted by Crippen LogP contribution is -2.13. The smallest absolute Gasteiger partial charge is 0.423 e. The highest BCUT2D eigenvalue weighted by Crippen LogP contribution is 2.44. The monoisotopic (exact) mass is 390 g/mol. The maximum atomic E-state index is 13.2. The molecule has 3 N–H and O–H groups in total. The lowest BCUT2D eigenvalue weighted by molar-refractivity contribution is -0.140. The van der Waals surface area contributed by atoms with Gasteiger partial charge in [-0.1, -0.05) is 6.07 Å². The third-order valence-electron chi connectivity index (χ3n) is 3.27. The van der Waals surface area contributed by atoms with E-state index in [9.17, 15) is 27.9 Å². The van der Waals surface area contributed by atoms with Crippen molar-refractivity contribution in [2.24, 2.45) is 5.73 Å². The molecule has 0 bridgehead atoms. The average molecular weight is 391 g/mol. The van der Waals surface area contributed by atoms with Gasteiger partial charge in [-0.15, -0.1) is 12.4 Å². The first-order chi connectivity index (χ1) is 11.6. The van der Waals surface area contributed by atoms with E-state index in [1.807, 2.05) is 0 Å². The van der Waals surface area contributed by atoms with E-state index < -0.39 is 40.5 Å². The van der Waals surface area contributed by atoms with E-state index in [4.69, 9.17) is 10.5 Å². The van der Waals surface area contributed by atoms with Gasteiger partial charge in [-0.3, -0.25) is 14.6 Å². The summed E-state index contributed by atoms with van der Waals surface area (Å²) in [4.78, 5) is 26.0. The van der Waals surface area contributed by atoms with Crippen LogP contribution in [0.1, 0.15) is 38.9 Å². The fourth-order valence-corrected chi connectivity index (χ4v) is 2.07. The number of primary amides is 1. The minimum absolute atomic E-state index is 0. The van der Waals surface area contributed by atoms with Crippen LogP contribution in [0, 0.1) is 0 Å². The van der Waals surface area contributed by atoms with Crippen molar-refractivity contribution in [3.63, 3.8) is 0 Å². The molecule has 0 unspecified atom stereocenters.